The lowest BCUT2D eigenvalue weighted by Crippen LogP contribution is -2.27. The molecule has 1 aliphatic rings. The number of carbonyl (C=O) groups is 1. The SMILES string of the molecule is COc1ccc(-n2c(-c3ccc(C)cc3)cc3c2CC(C)(C)CC3=O)cc1. The molecule has 0 N–H and O–H groups in total. The Morgan fingerprint density at radius 2 is 1.63 bits per heavy atom. The molecule has 1 heterocycles. The number of carbonyl (C=O) groups excluding carboxylic acids is 1. The molecule has 27 heavy (non-hydrogen) atoms. The van der Waals surface area contributed by atoms with Crippen LogP contribution in [0.3, 0.4) is 0 Å². The molecule has 0 saturated heterocycles. The standard InChI is InChI=1S/C24H25NO2/c1-16-5-7-17(8-6-16)21-13-20-22(14-24(2,3)15-23(20)26)25(21)18-9-11-19(27-4)12-10-18/h5-13H,14-15H2,1-4H3. The van der Waals surface area contributed by atoms with Crippen LogP contribution in [0.25, 0.3) is 16.9 Å². The van der Waals surface area contributed by atoms with E-state index in [0.717, 1.165) is 40.4 Å². The van der Waals surface area contributed by atoms with Crippen LogP contribution in [0, 0.1) is 12.3 Å². The van der Waals surface area contributed by atoms with Gasteiger partial charge in [-0.3, -0.25) is 4.79 Å². The second-order valence-corrected chi connectivity index (χ2v) is 8.23. The van der Waals surface area contributed by atoms with E-state index in [0.29, 0.717) is 6.42 Å². The molecule has 3 nitrogen and oxygen atoms in total. The van der Waals surface area contributed by atoms with Gasteiger partial charge in [0.05, 0.1) is 12.8 Å². The molecule has 4 rings (SSSR count). The van der Waals surface area contributed by atoms with E-state index in [1.54, 1.807) is 7.11 Å². The van der Waals surface area contributed by atoms with Gasteiger partial charge in [-0.15, -0.1) is 0 Å². The fourth-order valence-corrected chi connectivity index (χ4v) is 3.97. The summed E-state index contributed by atoms with van der Waals surface area (Å²) in [4.78, 5) is 12.9. The zero-order valence-corrected chi connectivity index (χ0v) is 16.4. The Balaban J connectivity index is 1.95. The van der Waals surface area contributed by atoms with E-state index in [9.17, 15) is 4.79 Å². The molecule has 138 valence electrons. The minimum Gasteiger partial charge on any atom is -0.497 e. The van der Waals surface area contributed by atoms with Crippen LogP contribution in [0.15, 0.2) is 54.6 Å². The third kappa shape index (κ3) is 3.18. The van der Waals surface area contributed by atoms with Crippen molar-refractivity contribution in [3.8, 4) is 22.7 Å². The van der Waals surface area contributed by atoms with Gasteiger partial charge in [0.1, 0.15) is 5.75 Å². The van der Waals surface area contributed by atoms with E-state index >= 15 is 0 Å². The Morgan fingerprint density at radius 1 is 0.963 bits per heavy atom. The highest BCUT2D eigenvalue weighted by molar-refractivity contribution is 6.00. The number of nitrogens with zero attached hydrogens (tertiary/aromatic N) is 1. The molecule has 0 fully saturated rings. The predicted octanol–water partition coefficient (Wildman–Crippen LogP) is 5.62. The molecule has 1 aliphatic carbocycles. The Morgan fingerprint density at radius 3 is 2.26 bits per heavy atom. The summed E-state index contributed by atoms with van der Waals surface area (Å²) in [5.74, 6) is 1.06. The van der Waals surface area contributed by atoms with Gasteiger partial charge in [-0.1, -0.05) is 43.7 Å². The number of ketones is 1. The average Bonchev–Trinajstić information content (AvgIpc) is 3.01. The number of aryl methyl sites for hydroxylation is 1. The monoisotopic (exact) mass is 359 g/mol. The molecular weight excluding hydrogens is 334 g/mol. The molecule has 1 aromatic heterocycles. The Labute approximate surface area is 160 Å². The van der Waals surface area contributed by atoms with Crippen LogP contribution in [-0.2, 0) is 6.42 Å². The summed E-state index contributed by atoms with van der Waals surface area (Å²) in [5, 5.41) is 0. The molecule has 0 spiro atoms. The van der Waals surface area contributed by atoms with E-state index in [1.165, 1.54) is 5.56 Å². The number of benzene rings is 2. The van der Waals surface area contributed by atoms with Crippen LogP contribution in [-0.4, -0.2) is 17.5 Å². The van der Waals surface area contributed by atoms with Crippen molar-refractivity contribution in [1.29, 1.82) is 0 Å². The minimum atomic E-state index is -0.0306. The summed E-state index contributed by atoms with van der Waals surface area (Å²) < 4.78 is 7.56. The van der Waals surface area contributed by atoms with Gasteiger partial charge in [-0.05, 0) is 54.7 Å². The van der Waals surface area contributed by atoms with E-state index < -0.39 is 0 Å². The fraction of sp³-hybridized carbons (Fsp3) is 0.292. The number of rotatable bonds is 3. The first-order valence-corrected chi connectivity index (χ1v) is 9.37. The number of hydrogen-bond donors (Lipinski definition) is 0. The first-order chi connectivity index (χ1) is 12.9. The minimum absolute atomic E-state index is 0.0306. The first-order valence-electron chi connectivity index (χ1n) is 9.37. The lowest BCUT2D eigenvalue weighted by Gasteiger charge is -2.30. The van der Waals surface area contributed by atoms with Crippen LogP contribution in [0.1, 0.15) is 41.9 Å². The molecule has 0 atom stereocenters. The molecule has 0 bridgehead atoms. The molecule has 0 radical (unpaired) electrons. The zero-order chi connectivity index (χ0) is 19.2. The average molecular weight is 359 g/mol. The number of fused-ring (bicyclic) bond motifs is 1. The van der Waals surface area contributed by atoms with E-state index in [1.807, 2.05) is 12.1 Å². The topological polar surface area (TPSA) is 31.2 Å². The number of Topliss-reactive ketones (excluding diaryl/α,β-unsaturated/α-hetero) is 1. The second kappa shape index (κ2) is 6.41. The predicted molar refractivity (Wildman–Crippen MR) is 109 cm³/mol. The third-order valence-corrected chi connectivity index (χ3v) is 5.37. The molecule has 0 aliphatic heterocycles. The van der Waals surface area contributed by atoms with Crippen LogP contribution in [0.4, 0.5) is 0 Å². The molecule has 0 unspecified atom stereocenters. The number of aromatic nitrogens is 1. The van der Waals surface area contributed by atoms with Gasteiger partial charge < -0.3 is 9.30 Å². The highest BCUT2D eigenvalue weighted by Crippen LogP contribution is 2.40. The Bertz CT molecular complexity index is 992. The van der Waals surface area contributed by atoms with Crippen molar-refractivity contribution < 1.29 is 9.53 Å². The van der Waals surface area contributed by atoms with Crippen molar-refractivity contribution in [3.63, 3.8) is 0 Å². The summed E-state index contributed by atoms with van der Waals surface area (Å²) in [7, 11) is 1.67. The second-order valence-electron chi connectivity index (χ2n) is 8.23. The van der Waals surface area contributed by atoms with Gasteiger partial charge in [-0.25, -0.2) is 0 Å². The molecule has 0 saturated carbocycles. The van der Waals surface area contributed by atoms with E-state index in [2.05, 4.69) is 67.8 Å². The van der Waals surface area contributed by atoms with E-state index in [-0.39, 0.29) is 11.2 Å². The summed E-state index contributed by atoms with van der Waals surface area (Å²) in [6, 6.07) is 18.6. The Hall–Kier alpha value is -2.81. The normalized spacial score (nSPS) is 15.5. The quantitative estimate of drug-likeness (QED) is 0.608. The number of hydrogen-bond acceptors (Lipinski definition) is 2. The fourth-order valence-electron chi connectivity index (χ4n) is 3.97. The van der Waals surface area contributed by atoms with Crippen molar-refractivity contribution in [1.82, 2.24) is 4.57 Å². The highest BCUT2D eigenvalue weighted by atomic mass is 16.5. The lowest BCUT2D eigenvalue weighted by molar-refractivity contribution is 0.0911. The first kappa shape index (κ1) is 17.6. The van der Waals surface area contributed by atoms with Gasteiger partial charge >= 0.3 is 0 Å². The van der Waals surface area contributed by atoms with Crippen LogP contribution in [0.5, 0.6) is 5.75 Å². The highest BCUT2D eigenvalue weighted by Gasteiger charge is 2.34. The van der Waals surface area contributed by atoms with Gasteiger partial charge in [0.25, 0.3) is 0 Å². The Kier molecular flexibility index (Phi) is 4.18. The van der Waals surface area contributed by atoms with Crippen molar-refractivity contribution in [2.24, 2.45) is 5.41 Å². The van der Waals surface area contributed by atoms with Gasteiger partial charge in [0.15, 0.2) is 5.78 Å². The summed E-state index contributed by atoms with van der Waals surface area (Å²) in [5.41, 5.74) is 6.41. The molecule has 0 amide bonds. The molecule has 3 aromatic rings. The molecule has 2 aromatic carbocycles. The number of ether oxygens (including phenoxy) is 1. The third-order valence-electron chi connectivity index (χ3n) is 5.37. The van der Waals surface area contributed by atoms with E-state index in [4.69, 9.17) is 4.74 Å². The summed E-state index contributed by atoms with van der Waals surface area (Å²) >= 11 is 0. The van der Waals surface area contributed by atoms with Crippen LogP contribution in [0.2, 0.25) is 0 Å². The molecular formula is C24H25NO2. The smallest absolute Gasteiger partial charge is 0.165 e. The van der Waals surface area contributed by atoms with Crippen molar-refractivity contribution >= 4 is 5.78 Å². The summed E-state index contributed by atoms with van der Waals surface area (Å²) in [6.07, 6.45) is 1.48. The van der Waals surface area contributed by atoms with Crippen molar-refractivity contribution in [2.45, 2.75) is 33.6 Å². The van der Waals surface area contributed by atoms with Gasteiger partial charge in [-0.2, -0.15) is 0 Å². The zero-order valence-electron chi connectivity index (χ0n) is 16.4. The lowest BCUT2D eigenvalue weighted by atomic mass is 9.76. The summed E-state index contributed by atoms with van der Waals surface area (Å²) in [6.45, 7) is 6.43. The van der Waals surface area contributed by atoms with Crippen LogP contribution >= 0.6 is 0 Å². The van der Waals surface area contributed by atoms with Gasteiger partial charge in [0.2, 0.25) is 0 Å². The number of methoxy groups -OCH3 is 1. The molecule has 3 heteroatoms. The maximum absolute atomic E-state index is 12.9. The van der Waals surface area contributed by atoms with Gasteiger partial charge in [0, 0.05) is 23.4 Å². The van der Waals surface area contributed by atoms with Crippen molar-refractivity contribution in [3.05, 3.63) is 71.4 Å². The largest absolute Gasteiger partial charge is 0.497 e. The van der Waals surface area contributed by atoms with Crippen LogP contribution < -0.4 is 4.74 Å². The maximum Gasteiger partial charge on any atom is 0.165 e. The maximum atomic E-state index is 12.9. The van der Waals surface area contributed by atoms with Crippen molar-refractivity contribution in [2.75, 3.05) is 7.11 Å².